The quantitative estimate of drug-likeness (QED) is 0.602. The number of nitrogens with one attached hydrogen (secondary N) is 1. The maximum Gasteiger partial charge on any atom is 0.329 e. The fraction of sp³-hybridized carbons (Fsp3) is 0.440. The Morgan fingerprint density at radius 3 is 2.41 bits per heavy atom. The fourth-order valence-corrected chi connectivity index (χ4v) is 4.44. The lowest BCUT2D eigenvalue weighted by molar-refractivity contribution is -0.134. The lowest BCUT2D eigenvalue weighted by Gasteiger charge is -2.35. The van der Waals surface area contributed by atoms with E-state index in [9.17, 15) is 14.4 Å². The second-order valence-corrected chi connectivity index (χ2v) is 9.07. The third kappa shape index (κ3) is 5.04. The second-order valence-electron chi connectivity index (χ2n) is 9.07. The zero-order valence-electron chi connectivity index (χ0n) is 20.3. The molecule has 0 bridgehead atoms. The van der Waals surface area contributed by atoms with Crippen molar-refractivity contribution >= 4 is 28.8 Å². The molecule has 1 N–H and O–H groups in total. The Kier molecular flexibility index (Phi) is 6.83. The number of hydrogen-bond acceptors (Lipinski definition) is 5. The molecule has 9 heteroatoms. The van der Waals surface area contributed by atoms with Gasteiger partial charge in [-0.25, -0.2) is 9.78 Å². The average Bonchev–Trinajstić information content (AvgIpc) is 3.03. The highest BCUT2D eigenvalue weighted by molar-refractivity contribution is 5.93. The summed E-state index contributed by atoms with van der Waals surface area (Å²) in [6, 6.07) is 9.94. The van der Waals surface area contributed by atoms with Crippen LogP contribution in [0.2, 0.25) is 0 Å². The molecule has 3 heterocycles. The number of carbonyl (C=O) groups excluding carboxylic acids is 2. The van der Waals surface area contributed by atoms with E-state index in [1.165, 1.54) is 25.8 Å². The van der Waals surface area contributed by atoms with Gasteiger partial charge in [0.1, 0.15) is 5.82 Å². The lowest BCUT2D eigenvalue weighted by atomic mass is 10.1. The van der Waals surface area contributed by atoms with Gasteiger partial charge in [0.05, 0.1) is 5.52 Å². The molecule has 0 aliphatic carbocycles. The molecule has 1 aromatic carbocycles. The van der Waals surface area contributed by atoms with Crippen LogP contribution in [0, 0.1) is 13.8 Å². The number of piperazine rings is 1. The molecule has 0 spiro atoms. The number of pyridine rings is 1. The van der Waals surface area contributed by atoms with Crippen LogP contribution in [0.15, 0.2) is 35.1 Å². The number of carbonyl (C=O) groups is 2. The average molecular weight is 465 g/mol. The van der Waals surface area contributed by atoms with Gasteiger partial charge in [0.15, 0.2) is 5.65 Å². The zero-order chi connectivity index (χ0) is 24.4. The molecule has 0 saturated carbocycles. The summed E-state index contributed by atoms with van der Waals surface area (Å²) in [6.07, 6.45) is 0.254. The van der Waals surface area contributed by atoms with Crippen LogP contribution in [-0.2, 0) is 30.2 Å². The first kappa shape index (κ1) is 23.7. The Balaban J connectivity index is 1.25. The molecule has 0 atom stereocenters. The molecule has 2 amide bonds. The number of rotatable bonds is 6. The van der Waals surface area contributed by atoms with Gasteiger partial charge in [0.25, 0.3) is 0 Å². The van der Waals surface area contributed by atoms with Gasteiger partial charge >= 0.3 is 5.69 Å². The summed E-state index contributed by atoms with van der Waals surface area (Å²) in [5, 5.41) is 2.74. The molecule has 180 valence electrons. The molecular formula is C25H32N6O3. The van der Waals surface area contributed by atoms with E-state index in [-0.39, 0.29) is 30.3 Å². The van der Waals surface area contributed by atoms with E-state index in [2.05, 4.69) is 47.2 Å². The number of amides is 2. The van der Waals surface area contributed by atoms with Crippen molar-refractivity contribution in [1.82, 2.24) is 23.9 Å². The summed E-state index contributed by atoms with van der Waals surface area (Å²) < 4.78 is 2.95. The molecule has 34 heavy (non-hydrogen) atoms. The molecule has 1 aliphatic rings. The smallest absolute Gasteiger partial charge is 0.329 e. The van der Waals surface area contributed by atoms with Gasteiger partial charge in [-0.1, -0.05) is 23.8 Å². The monoisotopic (exact) mass is 464 g/mol. The maximum atomic E-state index is 12.6. The number of aryl methyl sites for hydroxylation is 4. The third-order valence-corrected chi connectivity index (χ3v) is 6.56. The number of imidazole rings is 1. The van der Waals surface area contributed by atoms with Gasteiger partial charge < -0.3 is 10.2 Å². The van der Waals surface area contributed by atoms with Crippen LogP contribution in [-0.4, -0.2) is 61.9 Å². The van der Waals surface area contributed by atoms with Crippen molar-refractivity contribution in [3.05, 3.63) is 57.5 Å². The van der Waals surface area contributed by atoms with Gasteiger partial charge in [0, 0.05) is 59.7 Å². The first-order valence-corrected chi connectivity index (χ1v) is 11.6. The molecule has 9 nitrogen and oxygen atoms in total. The lowest BCUT2D eigenvalue weighted by Crippen LogP contribution is -2.48. The van der Waals surface area contributed by atoms with Gasteiger partial charge in [0.2, 0.25) is 11.8 Å². The van der Waals surface area contributed by atoms with E-state index < -0.39 is 0 Å². The van der Waals surface area contributed by atoms with Crippen molar-refractivity contribution in [2.45, 2.75) is 33.2 Å². The Labute approximate surface area is 199 Å². The molecular weight excluding hydrogens is 432 g/mol. The minimum Gasteiger partial charge on any atom is -0.340 e. The number of hydrogen-bond donors (Lipinski definition) is 1. The van der Waals surface area contributed by atoms with Crippen molar-refractivity contribution in [2.75, 3.05) is 31.5 Å². The molecule has 0 radical (unpaired) electrons. The Morgan fingerprint density at radius 2 is 1.71 bits per heavy atom. The van der Waals surface area contributed by atoms with Gasteiger partial charge in [-0.15, -0.1) is 0 Å². The predicted octanol–water partition coefficient (Wildman–Crippen LogP) is 1.95. The number of nitrogens with zero attached hydrogens (tertiary/aromatic N) is 5. The standard InChI is InChI=1S/C25H32N6O3/c1-17-5-6-19(18(2)15-17)16-30-11-13-31(14-12-30)23(33)10-9-22(32)26-21-8-7-20-24(27-21)29(4)25(34)28(20)3/h5-8,15H,9-14,16H2,1-4H3,(H,26,27,32). The minimum absolute atomic E-state index is 0.00446. The summed E-state index contributed by atoms with van der Waals surface area (Å²) in [5.41, 5.74) is 4.91. The SMILES string of the molecule is Cc1ccc(CN2CCN(C(=O)CCC(=O)Nc3ccc4c(n3)n(C)c(=O)n4C)CC2)c(C)c1. The predicted molar refractivity (Wildman–Crippen MR) is 132 cm³/mol. The van der Waals surface area contributed by atoms with Crippen LogP contribution in [0.5, 0.6) is 0 Å². The normalized spacial score (nSPS) is 14.5. The Morgan fingerprint density at radius 1 is 0.971 bits per heavy atom. The molecule has 4 rings (SSSR count). The summed E-state index contributed by atoms with van der Waals surface area (Å²) in [4.78, 5) is 45.7. The summed E-state index contributed by atoms with van der Waals surface area (Å²) in [6.45, 7) is 8.12. The fourth-order valence-electron chi connectivity index (χ4n) is 4.44. The highest BCUT2D eigenvalue weighted by atomic mass is 16.2. The van der Waals surface area contributed by atoms with E-state index in [0.717, 1.165) is 19.6 Å². The largest absolute Gasteiger partial charge is 0.340 e. The minimum atomic E-state index is -0.269. The van der Waals surface area contributed by atoms with Crippen LogP contribution in [0.1, 0.15) is 29.5 Å². The molecule has 3 aromatic rings. The molecule has 2 aromatic heterocycles. The third-order valence-electron chi connectivity index (χ3n) is 6.56. The van der Waals surface area contributed by atoms with Crippen molar-refractivity contribution < 1.29 is 9.59 Å². The molecule has 0 unspecified atom stereocenters. The molecule has 1 fully saturated rings. The van der Waals surface area contributed by atoms with Crippen molar-refractivity contribution in [1.29, 1.82) is 0 Å². The van der Waals surface area contributed by atoms with Crippen molar-refractivity contribution in [3.8, 4) is 0 Å². The van der Waals surface area contributed by atoms with E-state index in [1.807, 2.05) is 4.90 Å². The summed E-state index contributed by atoms with van der Waals surface area (Å²) in [5.74, 6) is 0.0935. The van der Waals surface area contributed by atoms with Gasteiger partial charge in [-0.3, -0.25) is 23.6 Å². The Hall–Kier alpha value is -3.46. The number of aromatic nitrogens is 3. The van der Waals surface area contributed by atoms with E-state index in [1.54, 1.807) is 26.2 Å². The van der Waals surface area contributed by atoms with E-state index in [0.29, 0.717) is 30.1 Å². The summed E-state index contributed by atoms with van der Waals surface area (Å²) >= 11 is 0. The van der Waals surface area contributed by atoms with Crippen molar-refractivity contribution in [2.24, 2.45) is 14.1 Å². The van der Waals surface area contributed by atoms with Crippen LogP contribution >= 0.6 is 0 Å². The maximum absolute atomic E-state index is 12.6. The molecule has 1 saturated heterocycles. The van der Waals surface area contributed by atoms with Crippen LogP contribution in [0.3, 0.4) is 0 Å². The molecule has 1 aliphatic heterocycles. The van der Waals surface area contributed by atoms with E-state index >= 15 is 0 Å². The number of anilines is 1. The Bertz CT molecular complexity index is 1280. The van der Waals surface area contributed by atoms with Crippen LogP contribution < -0.4 is 11.0 Å². The van der Waals surface area contributed by atoms with E-state index in [4.69, 9.17) is 0 Å². The zero-order valence-corrected chi connectivity index (χ0v) is 20.3. The van der Waals surface area contributed by atoms with Crippen molar-refractivity contribution in [3.63, 3.8) is 0 Å². The second kappa shape index (κ2) is 9.80. The first-order valence-electron chi connectivity index (χ1n) is 11.6. The number of fused-ring (bicyclic) bond motifs is 1. The highest BCUT2D eigenvalue weighted by Crippen LogP contribution is 2.16. The first-order chi connectivity index (χ1) is 16.2. The topological polar surface area (TPSA) is 92.5 Å². The highest BCUT2D eigenvalue weighted by Gasteiger charge is 2.22. The van der Waals surface area contributed by atoms with Gasteiger partial charge in [-0.05, 0) is 37.1 Å². The van der Waals surface area contributed by atoms with Crippen LogP contribution in [0.4, 0.5) is 5.82 Å². The van der Waals surface area contributed by atoms with Gasteiger partial charge in [-0.2, -0.15) is 0 Å². The number of benzene rings is 1. The summed E-state index contributed by atoms with van der Waals surface area (Å²) in [7, 11) is 3.32. The van der Waals surface area contributed by atoms with Crippen LogP contribution in [0.25, 0.3) is 11.2 Å².